The van der Waals surface area contributed by atoms with Crippen molar-refractivity contribution in [3.05, 3.63) is 20.8 Å². The monoisotopic (exact) mass is 288 g/mol. The molecule has 0 unspecified atom stereocenters. The van der Waals surface area contributed by atoms with E-state index >= 15 is 0 Å². The number of carbonyl (C=O) groups excluding carboxylic acids is 1. The molecular weight excluding hydrogens is 276 g/mol. The van der Waals surface area contributed by atoms with Gasteiger partial charge >= 0.3 is 0 Å². The maximum absolute atomic E-state index is 11.7. The number of nitrogens with two attached hydrogens (primary N) is 1. The van der Waals surface area contributed by atoms with Crippen molar-refractivity contribution in [2.45, 2.75) is 24.8 Å². The fraction of sp³-hybridized carbons (Fsp3) is 0.500. The molecule has 0 spiro atoms. The second-order valence-corrected chi connectivity index (χ2v) is 5.85. The predicted molar refractivity (Wildman–Crippen MR) is 65.1 cm³/mol. The van der Waals surface area contributed by atoms with Gasteiger partial charge in [-0.25, -0.2) is 0 Å². The highest BCUT2D eigenvalue weighted by Crippen LogP contribution is 2.28. The number of rotatable bonds is 3. The minimum atomic E-state index is -0.149. The van der Waals surface area contributed by atoms with E-state index in [0.29, 0.717) is 6.54 Å². The smallest absolute Gasteiger partial charge is 0.261 e. The number of halogens is 1. The van der Waals surface area contributed by atoms with Gasteiger partial charge in [-0.1, -0.05) is 0 Å². The molecule has 0 bridgehead atoms. The van der Waals surface area contributed by atoms with Crippen LogP contribution in [0.2, 0.25) is 0 Å². The molecule has 0 aromatic carbocycles. The Kier molecular flexibility index (Phi) is 3.13. The number of carbonyl (C=O) groups is 1. The first kappa shape index (κ1) is 11.1. The Morgan fingerprint density at radius 2 is 2.40 bits per heavy atom. The summed E-state index contributed by atoms with van der Waals surface area (Å²) in [4.78, 5) is 12.4. The topological polar surface area (TPSA) is 55.1 Å². The van der Waals surface area contributed by atoms with Gasteiger partial charge in [0.15, 0.2) is 0 Å². The maximum atomic E-state index is 11.7. The highest BCUT2D eigenvalue weighted by atomic mass is 79.9. The highest BCUT2D eigenvalue weighted by molar-refractivity contribution is 9.10. The summed E-state index contributed by atoms with van der Waals surface area (Å²) in [5.41, 5.74) is 5.87. The molecular formula is C10H13BrN2OS. The zero-order valence-electron chi connectivity index (χ0n) is 8.25. The minimum Gasteiger partial charge on any atom is -0.349 e. The van der Waals surface area contributed by atoms with Gasteiger partial charge in [-0.15, -0.1) is 11.3 Å². The van der Waals surface area contributed by atoms with Gasteiger partial charge in [0.05, 0.1) is 4.88 Å². The third-order valence-electron chi connectivity index (χ3n) is 2.74. The lowest BCUT2D eigenvalue weighted by Gasteiger charge is -2.38. The van der Waals surface area contributed by atoms with Crippen LogP contribution in [0.3, 0.4) is 0 Å². The van der Waals surface area contributed by atoms with E-state index in [1.807, 2.05) is 11.4 Å². The first-order valence-electron chi connectivity index (χ1n) is 4.90. The van der Waals surface area contributed by atoms with Crippen LogP contribution < -0.4 is 11.1 Å². The van der Waals surface area contributed by atoms with Crippen LogP contribution in [0.1, 0.15) is 28.9 Å². The Balaban J connectivity index is 1.87. The molecule has 3 nitrogen and oxygen atoms in total. The molecule has 0 aliphatic heterocycles. The lowest BCUT2D eigenvalue weighted by molar-refractivity contribution is 0.0934. The lowest BCUT2D eigenvalue weighted by atomic mass is 9.78. The zero-order chi connectivity index (χ0) is 10.9. The Bertz CT molecular complexity index is 373. The van der Waals surface area contributed by atoms with Gasteiger partial charge in [0.1, 0.15) is 0 Å². The van der Waals surface area contributed by atoms with Crippen molar-refractivity contribution in [1.82, 2.24) is 5.32 Å². The first-order chi connectivity index (χ1) is 7.09. The minimum absolute atomic E-state index is 0.0255. The van der Waals surface area contributed by atoms with E-state index in [1.165, 1.54) is 17.8 Å². The number of thiophene rings is 1. The Morgan fingerprint density at radius 1 is 1.67 bits per heavy atom. The lowest BCUT2D eigenvalue weighted by Crippen LogP contribution is -2.54. The Labute approximate surface area is 101 Å². The van der Waals surface area contributed by atoms with Gasteiger partial charge in [-0.3, -0.25) is 4.79 Å². The van der Waals surface area contributed by atoms with Crippen LogP contribution in [-0.4, -0.2) is 18.0 Å². The van der Waals surface area contributed by atoms with Crippen LogP contribution >= 0.6 is 27.3 Å². The summed E-state index contributed by atoms with van der Waals surface area (Å²) >= 11 is 4.76. The summed E-state index contributed by atoms with van der Waals surface area (Å²) in [5, 5.41) is 4.78. The number of hydrogen-bond acceptors (Lipinski definition) is 3. The molecule has 5 heteroatoms. The largest absolute Gasteiger partial charge is 0.349 e. The van der Waals surface area contributed by atoms with Gasteiger partial charge in [0, 0.05) is 21.9 Å². The van der Waals surface area contributed by atoms with Crippen LogP contribution in [0, 0.1) is 0 Å². The first-order valence-corrected chi connectivity index (χ1v) is 6.57. The van der Waals surface area contributed by atoms with E-state index in [-0.39, 0.29) is 11.4 Å². The van der Waals surface area contributed by atoms with Gasteiger partial charge < -0.3 is 11.1 Å². The quantitative estimate of drug-likeness (QED) is 0.895. The van der Waals surface area contributed by atoms with Crippen molar-refractivity contribution in [1.29, 1.82) is 0 Å². The van der Waals surface area contributed by atoms with Crippen LogP contribution in [-0.2, 0) is 0 Å². The maximum Gasteiger partial charge on any atom is 0.261 e. The molecule has 1 aliphatic rings. The summed E-state index contributed by atoms with van der Waals surface area (Å²) in [6.45, 7) is 0.585. The molecule has 3 N–H and O–H groups in total. The van der Waals surface area contributed by atoms with E-state index in [0.717, 1.165) is 22.2 Å². The summed E-state index contributed by atoms with van der Waals surface area (Å²) < 4.78 is 0.948. The summed E-state index contributed by atoms with van der Waals surface area (Å²) in [6, 6.07) is 1.82. The zero-order valence-corrected chi connectivity index (χ0v) is 10.7. The second kappa shape index (κ2) is 4.23. The van der Waals surface area contributed by atoms with Crippen molar-refractivity contribution in [3.8, 4) is 0 Å². The molecule has 1 fully saturated rings. The third kappa shape index (κ3) is 2.59. The van der Waals surface area contributed by atoms with Gasteiger partial charge in [-0.05, 0) is 41.3 Å². The van der Waals surface area contributed by atoms with Crippen LogP contribution in [0.25, 0.3) is 0 Å². The van der Waals surface area contributed by atoms with E-state index in [1.54, 1.807) is 0 Å². The number of amides is 1. The average Bonchev–Trinajstić information content (AvgIpc) is 2.58. The van der Waals surface area contributed by atoms with E-state index in [2.05, 4.69) is 21.2 Å². The molecule has 0 saturated heterocycles. The predicted octanol–water partition coefficient (Wildman–Crippen LogP) is 2.12. The molecule has 2 rings (SSSR count). The molecule has 1 amide bonds. The molecule has 1 saturated carbocycles. The van der Waals surface area contributed by atoms with Crippen LogP contribution in [0.15, 0.2) is 15.9 Å². The molecule has 82 valence electrons. The van der Waals surface area contributed by atoms with Crippen molar-refractivity contribution in [2.24, 2.45) is 5.73 Å². The fourth-order valence-electron chi connectivity index (χ4n) is 1.58. The second-order valence-electron chi connectivity index (χ2n) is 4.03. The molecule has 15 heavy (non-hydrogen) atoms. The highest BCUT2D eigenvalue weighted by Gasteiger charge is 2.32. The van der Waals surface area contributed by atoms with Gasteiger partial charge in [-0.2, -0.15) is 0 Å². The van der Waals surface area contributed by atoms with Crippen LogP contribution in [0.4, 0.5) is 0 Å². The summed E-state index contributed by atoms with van der Waals surface area (Å²) in [7, 11) is 0. The summed E-state index contributed by atoms with van der Waals surface area (Å²) in [6.07, 6.45) is 3.21. The summed E-state index contributed by atoms with van der Waals surface area (Å²) in [5.74, 6) is -0.0255. The molecule has 0 radical (unpaired) electrons. The average molecular weight is 289 g/mol. The number of nitrogens with one attached hydrogen (secondary N) is 1. The van der Waals surface area contributed by atoms with E-state index in [9.17, 15) is 4.79 Å². The van der Waals surface area contributed by atoms with E-state index < -0.39 is 0 Å². The fourth-order valence-corrected chi connectivity index (χ4v) is 2.93. The van der Waals surface area contributed by atoms with Gasteiger partial charge in [0.25, 0.3) is 5.91 Å². The SMILES string of the molecule is NC1(CNC(=O)c2cc(Br)cs2)CCC1. The Hall–Kier alpha value is -0.390. The third-order valence-corrected chi connectivity index (χ3v) is 4.43. The standard InChI is InChI=1S/C10H13BrN2OS/c11-7-4-8(15-5-7)9(14)13-6-10(12)2-1-3-10/h4-5H,1-3,6,12H2,(H,13,14). The van der Waals surface area contributed by atoms with Crippen molar-refractivity contribution in [3.63, 3.8) is 0 Å². The molecule has 0 atom stereocenters. The number of hydrogen-bond donors (Lipinski definition) is 2. The van der Waals surface area contributed by atoms with Crippen LogP contribution in [0.5, 0.6) is 0 Å². The molecule has 1 aliphatic carbocycles. The molecule has 1 heterocycles. The normalized spacial score (nSPS) is 18.3. The van der Waals surface area contributed by atoms with Crippen molar-refractivity contribution >= 4 is 33.2 Å². The van der Waals surface area contributed by atoms with Gasteiger partial charge in [0.2, 0.25) is 0 Å². The molecule has 1 aromatic heterocycles. The molecule has 1 aromatic rings. The Morgan fingerprint density at radius 3 is 2.87 bits per heavy atom. The van der Waals surface area contributed by atoms with E-state index in [4.69, 9.17) is 5.73 Å². The van der Waals surface area contributed by atoms with Crippen molar-refractivity contribution < 1.29 is 4.79 Å². The van der Waals surface area contributed by atoms with Crippen molar-refractivity contribution in [2.75, 3.05) is 6.54 Å².